The summed E-state index contributed by atoms with van der Waals surface area (Å²) in [6.07, 6.45) is -1.99. The van der Waals surface area contributed by atoms with Crippen molar-refractivity contribution in [3.63, 3.8) is 0 Å². The van der Waals surface area contributed by atoms with E-state index in [0.29, 0.717) is 37.2 Å². The van der Waals surface area contributed by atoms with Crippen molar-refractivity contribution in [2.24, 2.45) is 11.8 Å². The van der Waals surface area contributed by atoms with Crippen LogP contribution < -0.4 is 5.32 Å². The highest BCUT2D eigenvalue weighted by atomic mass is 19.4. The van der Waals surface area contributed by atoms with Gasteiger partial charge < -0.3 is 15.3 Å². The molecule has 0 spiro atoms. The number of amides is 2. The van der Waals surface area contributed by atoms with Crippen molar-refractivity contribution in [3.8, 4) is 0 Å². The molecule has 31 heavy (non-hydrogen) atoms. The number of benzene rings is 1. The number of aromatic nitrogens is 1. The Labute approximate surface area is 177 Å². The Bertz CT molecular complexity index is 1010. The number of carbonyl (C=O) groups excluding carboxylic acids is 1. The van der Waals surface area contributed by atoms with E-state index in [9.17, 15) is 27.9 Å². The van der Waals surface area contributed by atoms with Crippen LogP contribution in [0.4, 0.5) is 23.7 Å². The highest BCUT2D eigenvalue weighted by molar-refractivity contribution is 5.99. The van der Waals surface area contributed by atoms with Crippen molar-refractivity contribution in [1.29, 1.82) is 0 Å². The minimum absolute atomic E-state index is 0.0952. The second-order valence-electron chi connectivity index (χ2n) is 8.29. The summed E-state index contributed by atoms with van der Waals surface area (Å²) in [4.78, 5) is 29.7. The molecular formula is C22H22F3N3O3. The van der Waals surface area contributed by atoms with E-state index in [1.54, 1.807) is 24.0 Å². The van der Waals surface area contributed by atoms with E-state index in [1.807, 2.05) is 0 Å². The zero-order chi connectivity index (χ0) is 22.3. The van der Waals surface area contributed by atoms with Crippen molar-refractivity contribution in [3.05, 3.63) is 58.9 Å². The molecule has 1 aromatic heterocycles. The molecule has 1 saturated carbocycles. The van der Waals surface area contributed by atoms with E-state index in [1.165, 1.54) is 18.3 Å². The number of nitrogens with one attached hydrogen (secondary N) is 1. The molecule has 2 heterocycles. The Hall–Kier alpha value is -3.10. The van der Waals surface area contributed by atoms with Gasteiger partial charge in [-0.1, -0.05) is 18.2 Å². The molecule has 2 N–H and O–H groups in total. The molecule has 2 fully saturated rings. The lowest BCUT2D eigenvalue weighted by Crippen LogP contribution is -2.34. The number of carboxylic acid groups (broad SMARTS) is 1. The molecule has 6 nitrogen and oxygen atoms in total. The van der Waals surface area contributed by atoms with Crippen LogP contribution in [0, 0.1) is 18.8 Å². The Morgan fingerprint density at radius 1 is 1.16 bits per heavy atom. The summed E-state index contributed by atoms with van der Waals surface area (Å²) in [7, 11) is 0. The molecule has 1 saturated heterocycles. The van der Waals surface area contributed by atoms with E-state index in [-0.39, 0.29) is 29.0 Å². The topological polar surface area (TPSA) is 82.5 Å². The molecule has 3 atom stereocenters. The second kappa shape index (κ2) is 7.86. The molecule has 1 aromatic carbocycles. The molecular weight excluding hydrogens is 411 g/mol. The summed E-state index contributed by atoms with van der Waals surface area (Å²) in [5.41, 5.74) is 0.411. The van der Waals surface area contributed by atoms with Crippen molar-refractivity contribution in [2.75, 3.05) is 18.4 Å². The van der Waals surface area contributed by atoms with Gasteiger partial charge in [-0.3, -0.25) is 4.98 Å². The SMILES string of the molecule is Cc1cc(NC(=O)N2C[C@H]3CC(c4ccccc4C(F)(F)F)C[C@H]3C2)c(C(=O)O)cn1. The zero-order valence-electron chi connectivity index (χ0n) is 16.8. The number of fused-ring (bicyclic) bond motifs is 1. The number of aromatic carboxylic acids is 1. The minimum atomic E-state index is -4.38. The van der Waals surface area contributed by atoms with Gasteiger partial charge in [-0.2, -0.15) is 13.2 Å². The molecule has 0 bridgehead atoms. The van der Waals surface area contributed by atoms with E-state index in [2.05, 4.69) is 10.3 Å². The highest BCUT2D eigenvalue weighted by Gasteiger charge is 2.45. The molecule has 1 unspecified atom stereocenters. The van der Waals surface area contributed by atoms with Crippen LogP contribution in [0.25, 0.3) is 0 Å². The zero-order valence-corrected chi connectivity index (χ0v) is 16.8. The first-order chi connectivity index (χ1) is 14.6. The fraction of sp³-hybridized carbons (Fsp3) is 0.409. The first-order valence-electron chi connectivity index (χ1n) is 10.1. The summed E-state index contributed by atoms with van der Waals surface area (Å²) in [5, 5.41) is 12.0. The summed E-state index contributed by atoms with van der Waals surface area (Å²) in [6.45, 7) is 2.57. The number of carbonyl (C=O) groups is 2. The summed E-state index contributed by atoms with van der Waals surface area (Å²) >= 11 is 0. The Morgan fingerprint density at radius 2 is 1.81 bits per heavy atom. The van der Waals surface area contributed by atoms with Gasteiger partial charge in [-0.05, 0) is 55.2 Å². The van der Waals surface area contributed by atoms with Crippen LogP contribution in [0.2, 0.25) is 0 Å². The van der Waals surface area contributed by atoms with Gasteiger partial charge in [0, 0.05) is 25.0 Å². The average Bonchev–Trinajstić information content (AvgIpc) is 3.26. The third kappa shape index (κ3) is 4.22. The highest BCUT2D eigenvalue weighted by Crippen LogP contribution is 2.48. The van der Waals surface area contributed by atoms with E-state index in [4.69, 9.17) is 0 Å². The van der Waals surface area contributed by atoms with E-state index in [0.717, 1.165) is 6.07 Å². The lowest BCUT2D eigenvalue weighted by molar-refractivity contribution is -0.138. The summed E-state index contributed by atoms with van der Waals surface area (Å²) in [5.74, 6) is -1.13. The van der Waals surface area contributed by atoms with Crippen LogP contribution in [0.3, 0.4) is 0 Å². The van der Waals surface area contributed by atoms with Crippen molar-refractivity contribution < 1.29 is 27.9 Å². The largest absolute Gasteiger partial charge is 0.478 e. The number of alkyl halides is 3. The molecule has 9 heteroatoms. The number of carboxylic acids is 1. The van der Waals surface area contributed by atoms with Gasteiger partial charge in [0.2, 0.25) is 0 Å². The standard InChI is InChI=1S/C22H22F3N3O3/c1-12-6-19(17(9-26-12)20(29)30)27-21(31)28-10-14-7-13(8-15(14)11-28)16-4-2-3-5-18(16)22(23,24)25/h2-6,9,13-15H,7-8,10-11H2,1H3,(H,29,30)(H,26,27,31)/t13?,14-,15+. The maximum absolute atomic E-state index is 13.4. The van der Waals surface area contributed by atoms with Gasteiger partial charge in [0.25, 0.3) is 0 Å². The number of rotatable bonds is 3. The van der Waals surface area contributed by atoms with Gasteiger partial charge >= 0.3 is 18.2 Å². The minimum Gasteiger partial charge on any atom is -0.478 e. The average molecular weight is 433 g/mol. The number of nitrogens with zero attached hydrogens (tertiary/aromatic N) is 2. The smallest absolute Gasteiger partial charge is 0.416 e. The van der Waals surface area contributed by atoms with Crippen molar-refractivity contribution in [2.45, 2.75) is 31.9 Å². The van der Waals surface area contributed by atoms with Crippen molar-refractivity contribution in [1.82, 2.24) is 9.88 Å². The quantitative estimate of drug-likeness (QED) is 0.731. The first kappa shape index (κ1) is 21.1. The number of aryl methyl sites for hydroxylation is 1. The normalized spacial score (nSPS) is 23.0. The lowest BCUT2D eigenvalue weighted by Gasteiger charge is -2.22. The van der Waals surface area contributed by atoms with Gasteiger partial charge in [0.05, 0.1) is 11.3 Å². The van der Waals surface area contributed by atoms with Crippen LogP contribution in [0.1, 0.15) is 45.9 Å². The van der Waals surface area contributed by atoms with Gasteiger partial charge in [-0.25, -0.2) is 9.59 Å². The van der Waals surface area contributed by atoms with E-state index >= 15 is 0 Å². The number of likely N-dealkylation sites (tertiary alicyclic amines) is 1. The van der Waals surface area contributed by atoms with Crippen LogP contribution >= 0.6 is 0 Å². The maximum atomic E-state index is 13.4. The number of halogens is 3. The molecule has 164 valence electrons. The number of hydrogen-bond acceptors (Lipinski definition) is 3. The molecule has 4 rings (SSSR count). The summed E-state index contributed by atoms with van der Waals surface area (Å²) in [6, 6.07) is 6.81. The number of hydrogen-bond donors (Lipinski definition) is 2. The van der Waals surface area contributed by atoms with Crippen molar-refractivity contribution >= 4 is 17.7 Å². The van der Waals surface area contributed by atoms with Crippen LogP contribution in [-0.4, -0.2) is 40.1 Å². The molecule has 0 radical (unpaired) electrons. The Morgan fingerprint density at radius 3 is 2.42 bits per heavy atom. The number of pyridine rings is 1. The Balaban J connectivity index is 1.43. The Kier molecular flexibility index (Phi) is 5.36. The predicted molar refractivity (Wildman–Crippen MR) is 107 cm³/mol. The van der Waals surface area contributed by atoms with Gasteiger partial charge in [-0.15, -0.1) is 0 Å². The van der Waals surface area contributed by atoms with Crippen LogP contribution in [0.5, 0.6) is 0 Å². The number of anilines is 1. The van der Waals surface area contributed by atoms with E-state index < -0.39 is 23.7 Å². The molecule has 2 aromatic rings. The van der Waals surface area contributed by atoms with Crippen LogP contribution in [-0.2, 0) is 6.18 Å². The summed E-state index contributed by atoms with van der Waals surface area (Å²) < 4.78 is 40.1. The molecule has 2 aliphatic rings. The fourth-order valence-electron chi connectivity index (χ4n) is 4.86. The lowest BCUT2D eigenvalue weighted by atomic mass is 9.91. The second-order valence-corrected chi connectivity index (χ2v) is 8.29. The monoisotopic (exact) mass is 433 g/mol. The molecule has 1 aliphatic heterocycles. The third-order valence-corrected chi connectivity index (χ3v) is 6.26. The first-order valence-corrected chi connectivity index (χ1v) is 10.1. The van der Waals surface area contributed by atoms with Gasteiger partial charge in [0.1, 0.15) is 5.56 Å². The predicted octanol–water partition coefficient (Wildman–Crippen LogP) is 4.76. The molecule has 2 amide bonds. The van der Waals surface area contributed by atoms with Gasteiger partial charge in [0.15, 0.2) is 0 Å². The molecule has 1 aliphatic carbocycles. The number of urea groups is 1. The van der Waals surface area contributed by atoms with Crippen LogP contribution in [0.15, 0.2) is 36.5 Å². The fourth-order valence-corrected chi connectivity index (χ4v) is 4.86. The third-order valence-electron chi connectivity index (χ3n) is 6.26. The maximum Gasteiger partial charge on any atom is 0.416 e.